The smallest absolute Gasteiger partial charge is 0.234 e. The molecule has 0 aliphatic heterocycles. The van der Waals surface area contributed by atoms with Crippen molar-refractivity contribution in [2.24, 2.45) is 0 Å². The van der Waals surface area contributed by atoms with Crippen LogP contribution in [0.1, 0.15) is 5.56 Å². The van der Waals surface area contributed by atoms with Crippen LogP contribution in [0.2, 0.25) is 0 Å². The van der Waals surface area contributed by atoms with Crippen molar-refractivity contribution in [1.82, 2.24) is 10.2 Å². The zero-order valence-electron chi connectivity index (χ0n) is 15.2. The van der Waals surface area contributed by atoms with Crippen molar-refractivity contribution in [1.29, 1.82) is 0 Å². The minimum atomic E-state index is -0.385. The minimum absolute atomic E-state index is 0.0618. The Kier molecular flexibility index (Phi) is 7.89. The van der Waals surface area contributed by atoms with E-state index in [0.29, 0.717) is 26.1 Å². The molecule has 0 unspecified atom stereocenters. The number of amides is 1. The first-order chi connectivity index (χ1) is 12.6. The van der Waals surface area contributed by atoms with Crippen molar-refractivity contribution in [3.8, 4) is 11.5 Å². The quantitative estimate of drug-likeness (QED) is 0.707. The monoisotopic (exact) mass is 360 g/mol. The number of hydrogen-bond acceptors (Lipinski definition) is 4. The molecule has 0 heterocycles. The van der Waals surface area contributed by atoms with Crippen LogP contribution in [0, 0.1) is 5.82 Å². The highest BCUT2D eigenvalue weighted by atomic mass is 19.1. The lowest BCUT2D eigenvalue weighted by Crippen LogP contribution is -2.37. The molecule has 0 spiro atoms. The number of carbonyl (C=O) groups excluding carboxylic acids is 1. The highest BCUT2D eigenvalue weighted by molar-refractivity contribution is 5.77. The van der Waals surface area contributed by atoms with Gasteiger partial charge < -0.3 is 14.8 Å². The van der Waals surface area contributed by atoms with E-state index in [4.69, 9.17) is 9.47 Å². The van der Waals surface area contributed by atoms with Crippen LogP contribution in [0.25, 0.3) is 0 Å². The number of carbonyl (C=O) groups is 1. The first-order valence-corrected chi connectivity index (χ1v) is 8.54. The predicted octanol–water partition coefficient (Wildman–Crippen LogP) is 2.50. The van der Waals surface area contributed by atoms with E-state index in [1.807, 2.05) is 36.2 Å². The van der Waals surface area contributed by atoms with Gasteiger partial charge in [-0.1, -0.05) is 30.3 Å². The molecule has 2 aromatic rings. The second-order valence-electron chi connectivity index (χ2n) is 5.93. The van der Waals surface area contributed by atoms with Gasteiger partial charge in [0.15, 0.2) is 11.6 Å². The fourth-order valence-corrected chi connectivity index (χ4v) is 2.50. The zero-order valence-corrected chi connectivity index (χ0v) is 15.2. The number of hydrogen-bond donors (Lipinski definition) is 1. The Bertz CT molecular complexity index is 709. The molecule has 0 radical (unpaired) electrons. The van der Waals surface area contributed by atoms with Crippen LogP contribution in [0.15, 0.2) is 48.5 Å². The van der Waals surface area contributed by atoms with E-state index in [0.717, 1.165) is 11.3 Å². The normalized spacial score (nSPS) is 10.6. The lowest BCUT2D eigenvalue weighted by atomic mass is 10.1. The molecule has 2 rings (SSSR count). The maximum Gasteiger partial charge on any atom is 0.234 e. The van der Waals surface area contributed by atoms with Crippen molar-refractivity contribution >= 4 is 5.91 Å². The summed E-state index contributed by atoms with van der Waals surface area (Å²) in [4.78, 5) is 13.8. The van der Waals surface area contributed by atoms with Gasteiger partial charge in [-0.15, -0.1) is 0 Å². The molecule has 6 heteroatoms. The van der Waals surface area contributed by atoms with Crippen LogP contribution in [0.4, 0.5) is 4.39 Å². The van der Waals surface area contributed by atoms with Gasteiger partial charge in [-0.05, 0) is 37.2 Å². The Morgan fingerprint density at radius 1 is 1.12 bits per heavy atom. The average molecular weight is 360 g/mol. The summed E-state index contributed by atoms with van der Waals surface area (Å²) in [6.07, 6.45) is 0.704. The van der Waals surface area contributed by atoms with Crippen molar-refractivity contribution in [2.75, 3.05) is 40.4 Å². The van der Waals surface area contributed by atoms with Crippen LogP contribution < -0.4 is 14.8 Å². The molecule has 2 aromatic carbocycles. The predicted molar refractivity (Wildman–Crippen MR) is 99.1 cm³/mol. The molecule has 0 aromatic heterocycles. The Morgan fingerprint density at radius 2 is 1.81 bits per heavy atom. The fourth-order valence-electron chi connectivity index (χ4n) is 2.50. The highest BCUT2D eigenvalue weighted by Crippen LogP contribution is 2.17. The molecular formula is C20H25FN2O3. The summed E-state index contributed by atoms with van der Waals surface area (Å²) in [7, 11) is 3.46. The number of rotatable bonds is 10. The van der Waals surface area contributed by atoms with Gasteiger partial charge in [0.2, 0.25) is 5.91 Å². The SMILES string of the molecule is COc1ccccc1CCNC(=O)CN(C)CCOc1ccccc1F. The van der Waals surface area contributed by atoms with E-state index < -0.39 is 0 Å². The maximum atomic E-state index is 13.4. The number of benzene rings is 2. The van der Waals surface area contributed by atoms with E-state index in [9.17, 15) is 9.18 Å². The van der Waals surface area contributed by atoms with Crippen molar-refractivity contribution in [3.05, 3.63) is 59.9 Å². The van der Waals surface area contributed by atoms with Gasteiger partial charge in [0.1, 0.15) is 12.4 Å². The summed E-state index contributed by atoms with van der Waals surface area (Å²) in [6.45, 7) is 1.63. The Labute approximate surface area is 153 Å². The van der Waals surface area contributed by atoms with Gasteiger partial charge in [0, 0.05) is 13.1 Å². The van der Waals surface area contributed by atoms with Crippen molar-refractivity contribution in [2.45, 2.75) is 6.42 Å². The standard InChI is InChI=1S/C20H25FN2O3/c1-23(13-14-26-19-10-6-4-8-17(19)21)15-20(24)22-12-11-16-7-3-5-9-18(16)25-2/h3-10H,11-15H2,1-2H3,(H,22,24). The summed E-state index contributed by atoms with van der Waals surface area (Å²) >= 11 is 0. The maximum absolute atomic E-state index is 13.4. The summed E-state index contributed by atoms with van der Waals surface area (Å²) in [5.74, 6) is 0.601. The molecule has 140 valence electrons. The molecule has 0 atom stereocenters. The van der Waals surface area contributed by atoms with Crippen molar-refractivity contribution < 1.29 is 18.7 Å². The van der Waals surface area contributed by atoms with Gasteiger partial charge in [0.05, 0.1) is 13.7 Å². The highest BCUT2D eigenvalue weighted by Gasteiger charge is 2.08. The third-order valence-electron chi connectivity index (χ3n) is 3.89. The second-order valence-corrected chi connectivity index (χ2v) is 5.93. The Balaban J connectivity index is 1.65. The summed E-state index contributed by atoms with van der Waals surface area (Å²) in [6, 6.07) is 14.0. The molecule has 1 amide bonds. The molecule has 26 heavy (non-hydrogen) atoms. The van der Waals surface area contributed by atoms with E-state index in [-0.39, 0.29) is 24.0 Å². The van der Waals surface area contributed by atoms with E-state index in [1.54, 1.807) is 25.3 Å². The topological polar surface area (TPSA) is 50.8 Å². The number of methoxy groups -OCH3 is 1. The van der Waals surface area contributed by atoms with Gasteiger partial charge in [-0.25, -0.2) is 4.39 Å². The molecule has 1 N–H and O–H groups in total. The lowest BCUT2D eigenvalue weighted by molar-refractivity contribution is -0.121. The van der Waals surface area contributed by atoms with Crippen LogP contribution in [0.3, 0.4) is 0 Å². The van der Waals surface area contributed by atoms with Gasteiger partial charge in [0.25, 0.3) is 0 Å². The Morgan fingerprint density at radius 3 is 2.54 bits per heavy atom. The Hall–Kier alpha value is -2.60. The average Bonchev–Trinajstić information content (AvgIpc) is 2.63. The molecule has 0 saturated carbocycles. The van der Waals surface area contributed by atoms with Crippen LogP contribution in [-0.2, 0) is 11.2 Å². The van der Waals surface area contributed by atoms with Crippen LogP contribution in [-0.4, -0.2) is 51.2 Å². The van der Waals surface area contributed by atoms with Gasteiger partial charge >= 0.3 is 0 Å². The third-order valence-corrected chi connectivity index (χ3v) is 3.89. The first-order valence-electron chi connectivity index (χ1n) is 8.54. The number of likely N-dealkylation sites (N-methyl/N-ethyl adjacent to an activating group) is 1. The number of nitrogens with one attached hydrogen (secondary N) is 1. The van der Waals surface area contributed by atoms with Gasteiger partial charge in [-0.3, -0.25) is 9.69 Å². The molecule has 0 fully saturated rings. The number of para-hydroxylation sites is 2. The van der Waals surface area contributed by atoms with E-state index in [1.165, 1.54) is 6.07 Å². The van der Waals surface area contributed by atoms with Crippen molar-refractivity contribution in [3.63, 3.8) is 0 Å². The third kappa shape index (κ3) is 6.37. The molecule has 0 bridgehead atoms. The molecular weight excluding hydrogens is 335 g/mol. The number of ether oxygens (including phenoxy) is 2. The van der Waals surface area contributed by atoms with Gasteiger partial charge in [-0.2, -0.15) is 0 Å². The van der Waals surface area contributed by atoms with Crippen LogP contribution in [0.5, 0.6) is 11.5 Å². The first kappa shape index (κ1) is 19.7. The van der Waals surface area contributed by atoms with Crippen LogP contribution >= 0.6 is 0 Å². The molecule has 5 nitrogen and oxygen atoms in total. The zero-order chi connectivity index (χ0) is 18.8. The lowest BCUT2D eigenvalue weighted by Gasteiger charge is -2.17. The fraction of sp³-hybridized carbons (Fsp3) is 0.350. The van der Waals surface area contributed by atoms with E-state index >= 15 is 0 Å². The van der Waals surface area contributed by atoms with E-state index in [2.05, 4.69) is 5.32 Å². The minimum Gasteiger partial charge on any atom is -0.496 e. The molecule has 0 aliphatic carbocycles. The summed E-state index contributed by atoms with van der Waals surface area (Å²) in [5, 5.41) is 2.89. The summed E-state index contributed by atoms with van der Waals surface area (Å²) in [5.41, 5.74) is 1.06. The molecule has 0 saturated heterocycles. The molecule has 0 aliphatic rings. The summed E-state index contributed by atoms with van der Waals surface area (Å²) < 4.78 is 24.1. The second kappa shape index (κ2) is 10.4. The number of halogens is 1. The largest absolute Gasteiger partial charge is 0.496 e. The number of nitrogens with zero attached hydrogens (tertiary/aromatic N) is 1.